The number of likely N-dealkylation sites (tertiary alicyclic amines) is 1. The largest absolute Gasteiger partial charge is 0.491 e. The van der Waals surface area contributed by atoms with Crippen LogP contribution in [-0.2, 0) is 0 Å². The van der Waals surface area contributed by atoms with Gasteiger partial charge in [0, 0.05) is 51.9 Å². The van der Waals surface area contributed by atoms with Gasteiger partial charge in [-0.15, -0.1) is 0 Å². The molecule has 2 heterocycles. The van der Waals surface area contributed by atoms with Gasteiger partial charge in [0.25, 0.3) is 0 Å². The van der Waals surface area contributed by atoms with E-state index in [1.54, 1.807) is 0 Å². The van der Waals surface area contributed by atoms with E-state index in [-0.39, 0.29) is 0 Å². The molecule has 4 nitrogen and oxygen atoms in total. The maximum Gasteiger partial charge on any atom is 0.137 e. The Morgan fingerprint density at radius 2 is 1.95 bits per heavy atom. The third kappa shape index (κ3) is 3.44. The van der Waals surface area contributed by atoms with E-state index in [1.165, 1.54) is 26.2 Å². The highest BCUT2D eigenvalue weighted by Crippen LogP contribution is 2.23. The number of rotatable bonds is 5. The van der Waals surface area contributed by atoms with E-state index in [0.29, 0.717) is 11.6 Å². The van der Waals surface area contributed by atoms with E-state index in [9.17, 15) is 0 Å². The number of piperazine rings is 1. The van der Waals surface area contributed by atoms with Crippen LogP contribution >= 0.6 is 11.6 Å². The molecule has 0 aromatic heterocycles. The number of ether oxygens (including phenoxy) is 1. The Balaban J connectivity index is 1.34. The van der Waals surface area contributed by atoms with Gasteiger partial charge in [-0.05, 0) is 12.1 Å². The smallest absolute Gasteiger partial charge is 0.137 e. The summed E-state index contributed by atoms with van der Waals surface area (Å²) < 4.78 is 5.73. The summed E-state index contributed by atoms with van der Waals surface area (Å²) in [6.45, 7) is 8.67. The number of nitrogens with zero attached hydrogens (tertiary/aromatic N) is 2. The first kappa shape index (κ1) is 14.1. The van der Waals surface area contributed by atoms with E-state index in [1.807, 2.05) is 24.3 Å². The highest BCUT2D eigenvalue weighted by molar-refractivity contribution is 6.32. The van der Waals surface area contributed by atoms with Crippen molar-refractivity contribution in [3.05, 3.63) is 29.3 Å². The average Bonchev–Trinajstić information content (AvgIpc) is 2.44. The monoisotopic (exact) mass is 295 g/mol. The van der Waals surface area contributed by atoms with Gasteiger partial charge in [0.15, 0.2) is 0 Å². The van der Waals surface area contributed by atoms with Crippen molar-refractivity contribution in [2.75, 3.05) is 52.4 Å². The Bertz CT molecular complexity index is 431. The van der Waals surface area contributed by atoms with Gasteiger partial charge in [-0.2, -0.15) is 0 Å². The molecule has 0 spiro atoms. The number of nitrogens with one attached hydrogen (secondary N) is 1. The Labute approximate surface area is 125 Å². The van der Waals surface area contributed by atoms with Gasteiger partial charge >= 0.3 is 0 Å². The number of hydrogen-bond acceptors (Lipinski definition) is 4. The van der Waals surface area contributed by atoms with Crippen LogP contribution in [0.1, 0.15) is 0 Å². The molecule has 5 heteroatoms. The zero-order valence-electron chi connectivity index (χ0n) is 11.7. The summed E-state index contributed by atoms with van der Waals surface area (Å²) in [5.41, 5.74) is 0. The number of halogens is 1. The summed E-state index contributed by atoms with van der Waals surface area (Å²) in [7, 11) is 0. The van der Waals surface area contributed by atoms with Crippen LogP contribution in [-0.4, -0.2) is 68.3 Å². The third-order valence-electron chi connectivity index (χ3n) is 4.11. The maximum atomic E-state index is 6.06. The van der Waals surface area contributed by atoms with Gasteiger partial charge in [0.05, 0.1) is 5.02 Å². The minimum Gasteiger partial charge on any atom is -0.491 e. The van der Waals surface area contributed by atoms with Crippen LogP contribution in [0, 0.1) is 0 Å². The van der Waals surface area contributed by atoms with Crippen LogP contribution in [0.5, 0.6) is 5.75 Å². The van der Waals surface area contributed by atoms with Crippen LogP contribution in [0.4, 0.5) is 0 Å². The number of benzene rings is 1. The fourth-order valence-electron chi connectivity index (χ4n) is 2.85. The van der Waals surface area contributed by atoms with Gasteiger partial charge in [-0.1, -0.05) is 23.7 Å². The van der Waals surface area contributed by atoms with Crippen molar-refractivity contribution in [2.24, 2.45) is 0 Å². The van der Waals surface area contributed by atoms with E-state index in [0.717, 1.165) is 31.4 Å². The lowest BCUT2D eigenvalue weighted by atomic mass is 10.1. The SMILES string of the molecule is Clc1ccccc1OCCN1CC(N2CCNCC2)C1. The minimum absolute atomic E-state index is 0.690. The zero-order chi connectivity index (χ0) is 13.8. The molecule has 20 heavy (non-hydrogen) atoms. The maximum absolute atomic E-state index is 6.06. The lowest BCUT2D eigenvalue weighted by molar-refractivity contribution is 0.0202. The molecule has 0 atom stereocenters. The molecule has 0 amide bonds. The first-order valence-corrected chi connectivity index (χ1v) is 7.75. The summed E-state index contributed by atoms with van der Waals surface area (Å²) >= 11 is 6.06. The lowest BCUT2D eigenvalue weighted by Crippen LogP contribution is -2.63. The Morgan fingerprint density at radius 1 is 1.20 bits per heavy atom. The first-order chi connectivity index (χ1) is 9.83. The van der Waals surface area contributed by atoms with E-state index < -0.39 is 0 Å². The average molecular weight is 296 g/mol. The summed E-state index contributed by atoms with van der Waals surface area (Å²) in [5.74, 6) is 0.786. The van der Waals surface area contributed by atoms with Gasteiger partial charge in [0.1, 0.15) is 12.4 Å². The molecular weight excluding hydrogens is 274 g/mol. The molecule has 3 rings (SSSR count). The fourth-order valence-corrected chi connectivity index (χ4v) is 3.04. The molecule has 0 unspecified atom stereocenters. The second-order valence-corrected chi connectivity index (χ2v) is 5.89. The summed E-state index contributed by atoms with van der Waals surface area (Å²) in [6.07, 6.45) is 0. The first-order valence-electron chi connectivity index (χ1n) is 7.37. The lowest BCUT2D eigenvalue weighted by Gasteiger charge is -2.46. The van der Waals surface area contributed by atoms with Gasteiger partial charge in [-0.3, -0.25) is 9.80 Å². The van der Waals surface area contributed by atoms with Gasteiger partial charge in [0.2, 0.25) is 0 Å². The van der Waals surface area contributed by atoms with Gasteiger partial charge < -0.3 is 10.1 Å². The van der Waals surface area contributed by atoms with Crippen molar-refractivity contribution >= 4 is 11.6 Å². The second-order valence-electron chi connectivity index (χ2n) is 5.48. The third-order valence-corrected chi connectivity index (χ3v) is 4.42. The molecule has 2 fully saturated rings. The van der Waals surface area contributed by atoms with Crippen LogP contribution in [0.2, 0.25) is 5.02 Å². The van der Waals surface area contributed by atoms with Crippen molar-refractivity contribution in [1.29, 1.82) is 0 Å². The molecule has 2 aliphatic rings. The Morgan fingerprint density at radius 3 is 2.70 bits per heavy atom. The minimum atomic E-state index is 0.690. The van der Waals surface area contributed by atoms with Crippen molar-refractivity contribution in [2.45, 2.75) is 6.04 Å². The van der Waals surface area contributed by atoms with Crippen molar-refractivity contribution in [3.8, 4) is 5.75 Å². The van der Waals surface area contributed by atoms with Crippen LogP contribution in [0.15, 0.2) is 24.3 Å². The van der Waals surface area contributed by atoms with Crippen LogP contribution < -0.4 is 10.1 Å². The van der Waals surface area contributed by atoms with Gasteiger partial charge in [-0.25, -0.2) is 0 Å². The normalized spacial score (nSPS) is 21.6. The molecular formula is C15H22ClN3O. The second kappa shape index (κ2) is 6.76. The van der Waals surface area contributed by atoms with Crippen LogP contribution in [0.3, 0.4) is 0 Å². The molecule has 0 bridgehead atoms. The molecule has 0 saturated carbocycles. The quantitative estimate of drug-likeness (QED) is 0.886. The van der Waals surface area contributed by atoms with E-state index in [2.05, 4.69) is 15.1 Å². The van der Waals surface area contributed by atoms with Crippen molar-refractivity contribution in [1.82, 2.24) is 15.1 Å². The summed E-state index contributed by atoms with van der Waals surface area (Å²) in [4.78, 5) is 5.05. The summed E-state index contributed by atoms with van der Waals surface area (Å²) in [6, 6.07) is 8.40. The molecule has 1 aromatic rings. The van der Waals surface area contributed by atoms with Crippen LogP contribution in [0.25, 0.3) is 0 Å². The predicted molar refractivity (Wildman–Crippen MR) is 81.6 cm³/mol. The number of hydrogen-bond donors (Lipinski definition) is 1. The van der Waals surface area contributed by atoms with E-state index >= 15 is 0 Å². The highest BCUT2D eigenvalue weighted by atomic mass is 35.5. The van der Waals surface area contributed by atoms with Crippen molar-refractivity contribution in [3.63, 3.8) is 0 Å². The van der Waals surface area contributed by atoms with E-state index in [4.69, 9.17) is 16.3 Å². The zero-order valence-corrected chi connectivity index (χ0v) is 12.5. The molecule has 2 saturated heterocycles. The highest BCUT2D eigenvalue weighted by Gasteiger charge is 2.31. The number of para-hydroxylation sites is 1. The predicted octanol–water partition coefficient (Wildman–Crippen LogP) is 1.31. The molecule has 1 N–H and O–H groups in total. The molecule has 2 aliphatic heterocycles. The van der Waals surface area contributed by atoms with Crippen molar-refractivity contribution < 1.29 is 4.74 Å². The Hall–Kier alpha value is -0.810. The molecule has 0 aliphatic carbocycles. The topological polar surface area (TPSA) is 27.7 Å². The standard InChI is InChI=1S/C15H22ClN3O/c16-14-3-1-2-4-15(14)20-10-9-18-11-13(12-18)19-7-5-17-6-8-19/h1-4,13,17H,5-12H2. The fraction of sp³-hybridized carbons (Fsp3) is 0.600. The Kier molecular flexibility index (Phi) is 4.78. The molecule has 0 radical (unpaired) electrons. The summed E-state index contributed by atoms with van der Waals surface area (Å²) in [5, 5.41) is 4.09. The molecule has 1 aromatic carbocycles. The molecule has 110 valence electrons.